The molecule has 0 spiro atoms. The molecule has 24 heavy (non-hydrogen) atoms. The predicted molar refractivity (Wildman–Crippen MR) is 88.9 cm³/mol. The summed E-state index contributed by atoms with van der Waals surface area (Å²) in [6.45, 7) is 0.875. The van der Waals surface area contributed by atoms with Gasteiger partial charge in [0.25, 0.3) is 0 Å². The minimum absolute atomic E-state index is 0.00741. The van der Waals surface area contributed by atoms with E-state index in [-0.39, 0.29) is 18.2 Å². The number of phenols is 1. The molecule has 1 fully saturated rings. The van der Waals surface area contributed by atoms with E-state index in [9.17, 15) is 19.8 Å². The van der Waals surface area contributed by atoms with E-state index in [4.69, 9.17) is 0 Å². The van der Waals surface area contributed by atoms with Gasteiger partial charge in [0.2, 0.25) is 5.91 Å². The van der Waals surface area contributed by atoms with E-state index < -0.39 is 12.0 Å². The van der Waals surface area contributed by atoms with Crippen molar-refractivity contribution in [2.75, 3.05) is 24.5 Å². The Morgan fingerprint density at radius 3 is 2.42 bits per heavy atom. The van der Waals surface area contributed by atoms with Gasteiger partial charge in [-0.1, -0.05) is 30.3 Å². The van der Waals surface area contributed by atoms with Gasteiger partial charge in [-0.3, -0.25) is 14.5 Å². The first-order valence-corrected chi connectivity index (χ1v) is 7.67. The van der Waals surface area contributed by atoms with Gasteiger partial charge < -0.3 is 15.1 Å². The third kappa shape index (κ3) is 3.23. The number of hydrogen-bond acceptors (Lipinski definition) is 4. The van der Waals surface area contributed by atoms with Crippen LogP contribution in [0, 0.1) is 0 Å². The molecule has 1 aliphatic heterocycles. The summed E-state index contributed by atoms with van der Waals surface area (Å²) >= 11 is 0. The predicted octanol–water partition coefficient (Wildman–Crippen LogP) is 1.87. The van der Waals surface area contributed by atoms with E-state index >= 15 is 0 Å². The maximum absolute atomic E-state index is 12.5. The Morgan fingerprint density at radius 2 is 1.79 bits per heavy atom. The second-order valence-electron chi connectivity index (χ2n) is 5.69. The summed E-state index contributed by atoms with van der Waals surface area (Å²) in [4.78, 5) is 27.5. The zero-order valence-corrected chi connectivity index (χ0v) is 13.0. The molecule has 6 nitrogen and oxygen atoms in total. The third-order valence-electron chi connectivity index (χ3n) is 4.10. The van der Waals surface area contributed by atoms with Gasteiger partial charge in [0.15, 0.2) is 0 Å². The topological polar surface area (TPSA) is 81.1 Å². The number of piperazine rings is 1. The second kappa shape index (κ2) is 6.72. The first-order valence-electron chi connectivity index (χ1n) is 7.67. The molecule has 0 bridgehead atoms. The number of anilines is 1. The number of rotatable bonds is 4. The Labute approximate surface area is 139 Å². The molecule has 2 N–H and O–H groups in total. The molecule has 0 aliphatic carbocycles. The second-order valence-corrected chi connectivity index (χ2v) is 5.69. The molecule has 0 unspecified atom stereocenters. The fourth-order valence-corrected chi connectivity index (χ4v) is 3.00. The highest BCUT2D eigenvalue weighted by atomic mass is 16.4. The monoisotopic (exact) mass is 326 g/mol. The molecule has 2 aromatic rings. The SMILES string of the molecule is O=C(O)[C@@H](c1cccc(O)c1)N1CCN(c2ccccc2)C(=O)C1. The van der Waals surface area contributed by atoms with E-state index in [1.165, 1.54) is 12.1 Å². The van der Waals surface area contributed by atoms with Crippen LogP contribution in [0.5, 0.6) is 5.75 Å². The molecule has 0 radical (unpaired) electrons. The first kappa shape index (κ1) is 16.0. The van der Waals surface area contributed by atoms with E-state index in [0.717, 1.165) is 5.69 Å². The molecule has 3 rings (SSSR count). The maximum Gasteiger partial charge on any atom is 0.325 e. The number of carbonyl (C=O) groups excluding carboxylic acids is 1. The third-order valence-corrected chi connectivity index (χ3v) is 4.10. The Bertz CT molecular complexity index is 748. The smallest absolute Gasteiger partial charge is 0.325 e. The van der Waals surface area contributed by atoms with Gasteiger partial charge in [-0.2, -0.15) is 0 Å². The number of amides is 1. The molecule has 1 aliphatic rings. The molecule has 0 saturated carbocycles. The van der Waals surface area contributed by atoms with Crippen molar-refractivity contribution in [3.8, 4) is 5.75 Å². The van der Waals surface area contributed by atoms with Crippen LogP contribution < -0.4 is 4.90 Å². The highest BCUT2D eigenvalue weighted by molar-refractivity contribution is 5.96. The Morgan fingerprint density at radius 1 is 1.04 bits per heavy atom. The van der Waals surface area contributed by atoms with Crippen molar-refractivity contribution in [3.05, 3.63) is 60.2 Å². The van der Waals surface area contributed by atoms with Crippen molar-refractivity contribution < 1.29 is 19.8 Å². The van der Waals surface area contributed by atoms with Gasteiger partial charge in [0.1, 0.15) is 11.8 Å². The summed E-state index contributed by atoms with van der Waals surface area (Å²) in [6, 6.07) is 14.5. The molecule has 1 amide bonds. The number of carboxylic acid groups (broad SMARTS) is 1. The molecule has 6 heteroatoms. The molecule has 1 heterocycles. The van der Waals surface area contributed by atoms with Crippen LogP contribution in [0.1, 0.15) is 11.6 Å². The van der Waals surface area contributed by atoms with Crippen LogP contribution in [0.25, 0.3) is 0 Å². The van der Waals surface area contributed by atoms with Crippen LogP contribution in [-0.4, -0.2) is 46.6 Å². The lowest BCUT2D eigenvalue weighted by molar-refractivity contribution is -0.144. The quantitative estimate of drug-likeness (QED) is 0.896. The molecule has 124 valence electrons. The first-order chi connectivity index (χ1) is 11.6. The fraction of sp³-hybridized carbons (Fsp3) is 0.222. The fourth-order valence-electron chi connectivity index (χ4n) is 3.00. The number of para-hydroxylation sites is 1. The van der Waals surface area contributed by atoms with Crippen molar-refractivity contribution in [2.24, 2.45) is 0 Å². The summed E-state index contributed by atoms with van der Waals surface area (Å²) in [5.41, 5.74) is 1.27. The zero-order valence-electron chi connectivity index (χ0n) is 13.0. The van der Waals surface area contributed by atoms with Crippen molar-refractivity contribution >= 4 is 17.6 Å². The van der Waals surface area contributed by atoms with Crippen LogP contribution in [-0.2, 0) is 9.59 Å². The van der Waals surface area contributed by atoms with Crippen LogP contribution in [0.15, 0.2) is 54.6 Å². The van der Waals surface area contributed by atoms with Crippen molar-refractivity contribution in [3.63, 3.8) is 0 Å². The number of aliphatic carboxylic acids is 1. The maximum atomic E-state index is 12.5. The van der Waals surface area contributed by atoms with Crippen LogP contribution in [0.4, 0.5) is 5.69 Å². The number of hydrogen-bond donors (Lipinski definition) is 2. The van der Waals surface area contributed by atoms with Gasteiger partial charge in [-0.15, -0.1) is 0 Å². The molecular formula is C18H18N2O4. The van der Waals surface area contributed by atoms with Gasteiger partial charge in [0, 0.05) is 18.8 Å². The number of phenolic OH excluding ortho intramolecular Hbond substituents is 1. The standard InChI is InChI=1S/C18H18N2O4/c21-15-8-4-5-13(11-15)17(18(23)24)19-9-10-20(16(22)12-19)14-6-2-1-3-7-14/h1-8,11,17,21H,9-10,12H2,(H,23,24)/t17-/m1/s1. The van der Waals surface area contributed by atoms with Crippen molar-refractivity contribution in [1.29, 1.82) is 0 Å². The average Bonchev–Trinajstić information content (AvgIpc) is 2.56. The van der Waals surface area contributed by atoms with E-state index in [1.54, 1.807) is 21.9 Å². The van der Waals surface area contributed by atoms with Crippen molar-refractivity contribution in [1.82, 2.24) is 4.90 Å². The minimum Gasteiger partial charge on any atom is -0.508 e. The normalized spacial score (nSPS) is 16.8. The molecule has 1 saturated heterocycles. The highest BCUT2D eigenvalue weighted by Crippen LogP contribution is 2.27. The van der Waals surface area contributed by atoms with Gasteiger partial charge in [-0.25, -0.2) is 0 Å². The highest BCUT2D eigenvalue weighted by Gasteiger charge is 2.34. The summed E-state index contributed by atoms with van der Waals surface area (Å²) < 4.78 is 0. The summed E-state index contributed by atoms with van der Waals surface area (Å²) in [5.74, 6) is -1.17. The number of carboxylic acids is 1. The lowest BCUT2D eigenvalue weighted by Gasteiger charge is -2.37. The Balaban J connectivity index is 1.80. The van der Waals surface area contributed by atoms with Crippen LogP contribution in [0.3, 0.4) is 0 Å². The summed E-state index contributed by atoms with van der Waals surface area (Å²) in [5, 5.41) is 19.2. The van der Waals surface area contributed by atoms with Gasteiger partial charge >= 0.3 is 5.97 Å². The lowest BCUT2D eigenvalue weighted by atomic mass is 10.0. The van der Waals surface area contributed by atoms with Crippen LogP contribution in [0.2, 0.25) is 0 Å². The Kier molecular flexibility index (Phi) is 4.48. The van der Waals surface area contributed by atoms with Crippen LogP contribution >= 0.6 is 0 Å². The van der Waals surface area contributed by atoms with E-state index in [0.29, 0.717) is 18.7 Å². The summed E-state index contributed by atoms with van der Waals surface area (Å²) in [7, 11) is 0. The molecule has 2 aromatic carbocycles. The van der Waals surface area contributed by atoms with Gasteiger partial charge in [0.05, 0.1) is 6.54 Å². The average molecular weight is 326 g/mol. The van der Waals surface area contributed by atoms with E-state index in [2.05, 4.69) is 0 Å². The number of benzene rings is 2. The van der Waals surface area contributed by atoms with Crippen molar-refractivity contribution in [2.45, 2.75) is 6.04 Å². The number of nitrogens with zero attached hydrogens (tertiary/aromatic N) is 2. The molecule has 1 atom stereocenters. The minimum atomic E-state index is -1.04. The van der Waals surface area contributed by atoms with Gasteiger partial charge in [-0.05, 0) is 29.8 Å². The summed E-state index contributed by atoms with van der Waals surface area (Å²) in [6.07, 6.45) is 0. The largest absolute Gasteiger partial charge is 0.508 e. The number of aromatic hydroxyl groups is 1. The zero-order chi connectivity index (χ0) is 17.1. The number of carbonyl (C=O) groups is 2. The lowest BCUT2D eigenvalue weighted by Crippen LogP contribution is -2.52. The Hall–Kier alpha value is -2.86. The van der Waals surface area contributed by atoms with E-state index in [1.807, 2.05) is 30.3 Å². The molecular weight excluding hydrogens is 308 g/mol. The molecule has 0 aromatic heterocycles.